The lowest BCUT2D eigenvalue weighted by Gasteiger charge is -2.35. The molecule has 1 saturated carbocycles. The van der Waals surface area contributed by atoms with Crippen molar-refractivity contribution in [2.75, 3.05) is 24.0 Å². The molecule has 0 atom stereocenters. The normalized spacial score (nSPS) is 16.3. The molecule has 2 aromatic carbocycles. The van der Waals surface area contributed by atoms with Gasteiger partial charge in [-0.25, -0.2) is 9.97 Å². The third kappa shape index (κ3) is 4.46. The number of thioether (sulfide) groups is 1. The van der Waals surface area contributed by atoms with E-state index < -0.39 is 0 Å². The van der Waals surface area contributed by atoms with Gasteiger partial charge in [-0.1, -0.05) is 31.4 Å². The second-order valence-corrected chi connectivity index (χ2v) is 10.1. The molecule has 0 amide bonds. The number of benzene rings is 2. The zero-order valence-electron chi connectivity index (χ0n) is 20.2. The van der Waals surface area contributed by atoms with Crippen molar-refractivity contribution >= 4 is 29.1 Å². The van der Waals surface area contributed by atoms with E-state index >= 15 is 0 Å². The van der Waals surface area contributed by atoms with Crippen LogP contribution in [0.5, 0.6) is 5.75 Å². The van der Waals surface area contributed by atoms with E-state index in [1.807, 2.05) is 12.1 Å². The van der Waals surface area contributed by atoms with Crippen molar-refractivity contribution in [2.24, 2.45) is 0 Å². The zero-order valence-corrected chi connectivity index (χ0v) is 21.0. The van der Waals surface area contributed by atoms with Gasteiger partial charge in [0, 0.05) is 24.3 Å². The van der Waals surface area contributed by atoms with Crippen molar-refractivity contribution in [3.8, 4) is 5.75 Å². The highest BCUT2D eigenvalue weighted by Gasteiger charge is 2.40. The molecule has 5 rings (SSSR count). The number of aromatic nitrogens is 2. The van der Waals surface area contributed by atoms with Gasteiger partial charge in [0.25, 0.3) is 0 Å². The molecule has 1 aliphatic carbocycles. The first-order valence-corrected chi connectivity index (χ1v) is 13.3. The van der Waals surface area contributed by atoms with Gasteiger partial charge in [0.15, 0.2) is 0 Å². The van der Waals surface area contributed by atoms with E-state index in [1.165, 1.54) is 54.4 Å². The summed E-state index contributed by atoms with van der Waals surface area (Å²) in [5, 5.41) is 11.0. The van der Waals surface area contributed by atoms with Crippen LogP contribution in [0.4, 0.5) is 17.3 Å². The van der Waals surface area contributed by atoms with Gasteiger partial charge in [0.1, 0.15) is 23.7 Å². The molecule has 1 aromatic heterocycles. The van der Waals surface area contributed by atoms with E-state index in [4.69, 9.17) is 4.74 Å². The summed E-state index contributed by atoms with van der Waals surface area (Å²) in [7, 11) is 1.68. The maximum absolute atomic E-state index is 5.26. The molecule has 34 heavy (non-hydrogen) atoms. The third-order valence-corrected chi connectivity index (χ3v) is 7.98. The molecule has 7 heteroatoms. The minimum atomic E-state index is 0.148. The van der Waals surface area contributed by atoms with Crippen LogP contribution < -0.4 is 20.7 Å². The number of aryl methyl sites for hydroxylation is 1. The SMILES string of the molecule is COc1ccc(CNc2ncnc(Nc3cc(C)c4c(c3)C3(CCCCC3)NC4)c2SC)cc1. The maximum atomic E-state index is 5.26. The minimum absolute atomic E-state index is 0.148. The van der Waals surface area contributed by atoms with Gasteiger partial charge in [-0.2, -0.15) is 0 Å². The Hall–Kier alpha value is -2.77. The lowest BCUT2D eigenvalue weighted by Crippen LogP contribution is -2.38. The van der Waals surface area contributed by atoms with Crippen LogP contribution >= 0.6 is 11.8 Å². The standard InChI is InChI=1S/C27H33N5OS/c1-18-13-20(14-23-22(18)16-31-27(23)11-5-4-6-12-27)32-26-24(34-3)25(29-17-30-26)28-15-19-7-9-21(33-2)10-8-19/h7-10,13-14,17,31H,4-6,11-12,15-16H2,1-3H3,(H2,28,29,30,32). The van der Waals surface area contributed by atoms with Crippen LogP contribution in [0.15, 0.2) is 47.6 Å². The van der Waals surface area contributed by atoms with Crippen molar-refractivity contribution in [2.45, 2.75) is 62.6 Å². The average Bonchev–Trinajstić information content (AvgIpc) is 3.21. The van der Waals surface area contributed by atoms with Crippen molar-refractivity contribution in [1.29, 1.82) is 0 Å². The molecule has 0 radical (unpaired) electrons. The Bertz CT molecular complexity index is 1160. The Morgan fingerprint density at radius 3 is 2.56 bits per heavy atom. The fourth-order valence-corrected chi connectivity index (χ4v) is 5.97. The van der Waals surface area contributed by atoms with E-state index in [-0.39, 0.29) is 5.54 Å². The molecule has 178 valence electrons. The molecule has 0 unspecified atom stereocenters. The van der Waals surface area contributed by atoms with Crippen molar-refractivity contribution < 1.29 is 4.74 Å². The average molecular weight is 476 g/mol. The quantitative estimate of drug-likeness (QED) is 0.355. The molecule has 0 bridgehead atoms. The van der Waals surface area contributed by atoms with Gasteiger partial charge in [0.2, 0.25) is 0 Å². The zero-order chi connectivity index (χ0) is 23.5. The molecule has 0 saturated heterocycles. The van der Waals surface area contributed by atoms with E-state index in [0.717, 1.165) is 34.5 Å². The fourth-order valence-electron chi connectivity index (χ4n) is 5.35. The molecule has 1 spiro atoms. The van der Waals surface area contributed by atoms with Crippen LogP contribution in [0.25, 0.3) is 0 Å². The largest absolute Gasteiger partial charge is 0.497 e. The highest BCUT2D eigenvalue weighted by Crippen LogP contribution is 2.45. The number of hydrogen-bond donors (Lipinski definition) is 3. The summed E-state index contributed by atoms with van der Waals surface area (Å²) < 4.78 is 5.26. The Balaban J connectivity index is 1.38. The highest BCUT2D eigenvalue weighted by atomic mass is 32.2. The van der Waals surface area contributed by atoms with Crippen LogP contribution in [0.2, 0.25) is 0 Å². The van der Waals surface area contributed by atoms with Gasteiger partial charge in [0.05, 0.1) is 12.0 Å². The predicted octanol–water partition coefficient (Wildman–Crippen LogP) is 6.13. The molecule has 6 nitrogen and oxygen atoms in total. The first-order valence-electron chi connectivity index (χ1n) is 12.0. The summed E-state index contributed by atoms with van der Waals surface area (Å²) in [6.45, 7) is 3.88. The van der Waals surface area contributed by atoms with Gasteiger partial charge < -0.3 is 20.7 Å². The van der Waals surface area contributed by atoms with Gasteiger partial charge in [-0.15, -0.1) is 11.8 Å². The summed E-state index contributed by atoms with van der Waals surface area (Å²) in [4.78, 5) is 10.1. The number of fused-ring (bicyclic) bond motifs is 2. The second kappa shape index (κ2) is 9.84. The predicted molar refractivity (Wildman–Crippen MR) is 140 cm³/mol. The van der Waals surface area contributed by atoms with Crippen molar-refractivity contribution in [1.82, 2.24) is 15.3 Å². The number of anilines is 3. The molecular weight excluding hydrogens is 442 g/mol. The monoisotopic (exact) mass is 475 g/mol. The number of nitrogens with zero attached hydrogens (tertiary/aromatic N) is 2. The highest BCUT2D eigenvalue weighted by molar-refractivity contribution is 7.99. The molecule has 1 aliphatic heterocycles. The van der Waals surface area contributed by atoms with Gasteiger partial charge in [-0.05, 0) is 72.5 Å². The van der Waals surface area contributed by atoms with Crippen molar-refractivity contribution in [3.63, 3.8) is 0 Å². The Labute approximate surface area is 206 Å². The van der Waals surface area contributed by atoms with E-state index in [9.17, 15) is 0 Å². The van der Waals surface area contributed by atoms with Crippen LogP contribution in [0, 0.1) is 6.92 Å². The van der Waals surface area contributed by atoms with E-state index in [1.54, 1.807) is 25.2 Å². The summed E-state index contributed by atoms with van der Waals surface area (Å²) in [6, 6.07) is 12.7. The Kier molecular flexibility index (Phi) is 6.66. The van der Waals surface area contributed by atoms with Gasteiger partial charge >= 0.3 is 0 Å². The van der Waals surface area contributed by atoms with Gasteiger partial charge in [-0.3, -0.25) is 0 Å². The number of rotatable bonds is 7. The maximum Gasteiger partial charge on any atom is 0.149 e. The van der Waals surface area contributed by atoms with Crippen LogP contribution in [-0.2, 0) is 18.6 Å². The smallest absolute Gasteiger partial charge is 0.149 e. The lowest BCUT2D eigenvalue weighted by molar-refractivity contribution is 0.252. The molecule has 3 aromatic rings. The molecule has 2 aliphatic rings. The van der Waals surface area contributed by atoms with Crippen LogP contribution in [0.3, 0.4) is 0 Å². The van der Waals surface area contributed by atoms with E-state index in [2.05, 4.69) is 63.4 Å². The first kappa shape index (κ1) is 23.0. The molecule has 2 heterocycles. The van der Waals surface area contributed by atoms with Crippen molar-refractivity contribution in [3.05, 3.63) is 65.0 Å². The minimum Gasteiger partial charge on any atom is -0.497 e. The number of methoxy groups -OCH3 is 1. The molecular formula is C27H33N5OS. The number of hydrogen-bond acceptors (Lipinski definition) is 7. The van der Waals surface area contributed by atoms with Crippen LogP contribution in [-0.4, -0.2) is 23.3 Å². The lowest BCUT2D eigenvalue weighted by atomic mass is 9.77. The molecule has 3 N–H and O–H groups in total. The summed E-state index contributed by atoms with van der Waals surface area (Å²) in [5.41, 5.74) is 6.71. The first-order chi connectivity index (χ1) is 16.6. The Morgan fingerprint density at radius 1 is 1.06 bits per heavy atom. The summed E-state index contributed by atoms with van der Waals surface area (Å²) in [6.07, 6.45) is 10.1. The molecule has 1 fully saturated rings. The fraction of sp³-hybridized carbons (Fsp3) is 0.407. The Morgan fingerprint density at radius 2 is 1.82 bits per heavy atom. The van der Waals surface area contributed by atoms with E-state index in [0.29, 0.717) is 6.54 Å². The van der Waals surface area contributed by atoms with Crippen LogP contribution in [0.1, 0.15) is 54.4 Å². The topological polar surface area (TPSA) is 71.1 Å². The second-order valence-electron chi connectivity index (χ2n) is 9.25. The number of nitrogens with one attached hydrogen (secondary N) is 3. The third-order valence-electron chi connectivity index (χ3n) is 7.19. The summed E-state index contributed by atoms with van der Waals surface area (Å²) >= 11 is 1.65. The summed E-state index contributed by atoms with van der Waals surface area (Å²) in [5.74, 6) is 2.53. The number of ether oxygens (including phenoxy) is 1.